The van der Waals surface area contributed by atoms with E-state index in [-0.39, 0.29) is 18.4 Å². The lowest BCUT2D eigenvalue weighted by Gasteiger charge is -2.30. The van der Waals surface area contributed by atoms with Crippen LogP contribution in [0.25, 0.3) is 0 Å². The highest BCUT2D eigenvalue weighted by Crippen LogP contribution is 2.13. The number of hydrogen-bond donors (Lipinski definition) is 0. The summed E-state index contributed by atoms with van der Waals surface area (Å²) in [6.45, 7) is 9.78. The second kappa shape index (κ2) is 13.0. The second-order valence-corrected chi connectivity index (χ2v) is 7.82. The number of unbranched alkanes of at least 4 members (excludes halogenated alkanes) is 1. The van der Waals surface area contributed by atoms with Crippen LogP contribution in [0.3, 0.4) is 0 Å². The summed E-state index contributed by atoms with van der Waals surface area (Å²) < 4.78 is 10.9. The Morgan fingerprint density at radius 3 is 2.42 bits per heavy atom. The van der Waals surface area contributed by atoms with Crippen molar-refractivity contribution in [3.05, 3.63) is 59.5 Å². The standard InChI is InChI=1S/C25H36N2O4/c1-5-7-16-26(21(4)25(29)30-6-2)19-24(28)27(18-23-14-13-20(3)31-23)17-15-22-11-9-8-10-12-22/h8-14,21H,5-7,15-19H2,1-4H3. The van der Waals surface area contributed by atoms with E-state index < -0.39 is 6.04 Å². The van der Waals surface area contributed by atoms with E-state index in [9.17, 15) is 9.59 Å². The summed E-state index contributed by atoms with van der Waals surface area (Å²) in [6.07, 6.45) is 2.66. The largest absolute Gasteiger partial charge is 0.465 e. The van der Waals surface area contributed by atoms with Crippen LogP contribution in [0, 0.1) is 6.92 Å². The van der Waals surface area contributed by atoms with Crippen molar-refractivity contribution in [2.24, 2.45) is 0 Å². The second-order valence-electron chi connectivity index (χ2n) is 7.82. The third-order valence-corrected chi connectivity index (χ3v) is 5.32. The lowest BCUT2D eigenvalue weighted by molar-refractivity contribution is -0.150. The van der Waals surface area contributed by atoms with Crippen LogP contribution in [0.2, 0.25) is 0 Å². The minimum atomic E-state index is -0.461. The minimum Gasteiger partial charge on any atom is -0.465 e. The van der Waals surface area contributed by atoms with Crippen molar-refractivity contribution in [3.63, 3.8) is 0 Å². The highest BCUT2D eigenvalue weighted by molar-refractivity contribution is 5.80. The van der Waals surface area contributed by atoms with E-state index in [2.05, 4.69) is 19.1 Å². The van der Waals surface area contributed by atoms with E-state index >= 15 is 0 Å². The average molecular weight is 429 g/mol. The summed E-state index contributed by atoms with van der Waals surface area (Å²) in [5, 5.41) is 0. The molecule has 2 rings (SSSR count). The van der Waals surface area contributed by atoms with Crippen molar-refractivity contribution >= 4 is 11.9 Å². The Balaban J connectivity index is 2.12. The number of hydrogen-bond acceptors (Lipinski definition) is 5. The fraction of sp³-hybridized carbons (Fsp3) is 0.520. The van der Waals surface area contributed by atoms with E-state index in [4.69, 9.17) is 9.15 Å². The van der Waals surface area contributed by atoms with Crippen LogP contribution in [0.5, 0.6) is 0 Å². The number of amides is 1. The van der Waals surface area contributed by atoms with Gasteiger partial charge in [-0.25, -0.2) is 0 Å². The van der Waals surface area contributed by atoms with E-state index in [1.165, 1.54) is 5.56 Å². The summed E-state index contributed by atoms with van der Waals surface area (Å²) in [5.41, 5.74) is 1.18. The minimum absolute atomic E-state index is 0.0164. The van der Waals surface area contributed by atoms with Crippen molar-refractivity contribution in [3.8, 4) is 0 Å². The van der Waals surface area contributed by atoms with Gasteiger partial charge in [0.1, 0.15) is 17.6 Å². The van der Waals surface area contributed by atoms with Gasteiger partial charge in [-0.3, -0.25) is 14.5 Å². The molecule has 6 heteroatoms. The Hall–Kier alpha value is -2.60. The fourth-order valence-electron chi connectivity index (χ4n) is 3.42. The van der Waals surface area contributed by atoms with Gasteiger partial charge in [-0.05, 0) is 57.9 Å². The normalized spacial score (nSPS) is 12.0. The highest BCUT2D eigenvalue weighted by atomic mass is 16.5. The van der Waals surface area contributed by atoms with Crippen LogP contribution < -0.4 is 0 Å². The number of benzene rings is 1. The topological polar surface area (TPSA) is 63.0 Å². The van der Waals surface area contributed by atoms with Gasteiger partial charge in [0.05, 0.1) is 19.7 Å². The Morgan fingerprint density at radius 1 is 1.06 bits per heavy atom. The van der Waals surface area contributed by atoms with Gasteiger partial charge < -0.3 is 14.1 Å². The van der Waals surface area contributed by atoms with Crippen LogP contribution >= 0.6 is 0 Å². The van der Waals surface area contributed by atoms with Crippen molar-refractivity contribution in [2.75, 3.05) is 26.2 Å². The zero-order valence-electron chi connectivity index (χ0n) is 19.3. The molecule has 1 atom stereocenters. The van der Waals surface area contributed by atoms with E-state index in [1.54, 1.807) is 6.92 Å². The Kier molecular flexibility index (Phi) is 10.3. The Morgan fingerprint density at radius 2 is 1.81 bits per heavy atom. The number of esters is 1. The molecule has 2 aromatic rings. The van der Waals surface area contributed by atoms with Crippen LogP contribution in [-0.4, -0.2) is 54.0 Å². The lowest BCUT2D eigenvalue weighted by atomic mass is 10.1. The smallest absolute Gasteiger partial charge is 0.323 e. The molecule has 1 aromatic heterocycles. The Bertz CT molecular complexity index is 803. The molecule has 170 valence electrons. The molecule has 0 aliphatic heterocycles. The van der Waals surface area contributed by atoms with Gasteiger partial charge in [0.25, 0.3) is 0 Å². The first-order valence-electron chi connectivity index (χ1n) is 11.2. The third-order valence-electron chi connectivity index (χ3n) is 5.32. The molecule has 0 saturated heterocycles. The maximum absolute atomic E-state index is 13.3. The highest BCUT2D eigenvalue weighted by Gasteiger charge is 2.26. The molecule has 1 heterocycles. The molecule has 1 aromatic carbocycles. The zero-order valence-corrected chi connectivity index (χ0v) is 19.3. The van der Waals surface area contributed by atoms with Crippen LogP contribution in [0.15, 0.2) is 46.9 Å². The summed E-state index contributed by atoms with van der Waals surface area (Å²) in [4.78, 5) is 29.4. The molecule has 0 bridgehead atoms. The number of carbonyl (C=O) groups is 2. The van der Waals surface area contributed by atoms with Gasteiger partial charge in [0.2, 0.25) is 5.91 Å². The third kappa shape index (κ3) is 8.21. The quantitative estimate of drug-likeness (QED) is 0.447. The molecule has 0 radical (unpaired) electrons. The zero-order chi connectivity index (χ0) is 22.6. The molecule has 0 aliphatic carbocycles. The molecule has 0 saturated carbocycles. The molecule has 0 N–H and O–H groups in total. The maximum atomic E-state index is 13.3. The monoisotopic (exact) mass is 428 g/mol. The molecule has 0 spiro atoms. The summed E-state index contributed by atoms with van der Waals surface area (Å²) in [6, 6.07) is 13.5. The van der Waals surface area contributed by atoms with Crippen LogP contribution in [0.4, 0.5) is 0 Å². The number of ether oxygens (including phenoxy) is 1. The molecule has 31 heavy (non-hydrogen) atoms. The van der Waals surface area contributed by atoms with E-state index in [0.29, 0.717) is 26.2 Å². The predicted octanol–water partition coefficient (Wildman–Crippen LogP) is 4.21. The number of aryl methyl sites for hydroxylation is 1. The molecular formula is C25H36N2O4. The molecule has 0 aliphatic rings. The molecular weight excluding hydrogens is 392 g/mol. The summed E-state index contributed by atoms with van der Waals surface area (Å²) >= 11 is 0. The fourth-order valence-corrected chi connectivity index (χ4v) is 3.42. The average Bonchev–Trinajstić information content (AvgIpc) is 3.18. The predicted molar refractivity (Wildman–Crippen MR) is 122 cm³/mol. The van der Waals surface area contributed by atoms with Crippen LogP contribution in [-0.2, 0) is 27.3 Å². The van der Waals surface area contributed by atoms with Gasteiger partial charge in [-0.15, -0.1) is 0 Å². The van der Waals surface area contributed by atoms with Crippen LogP contribution in [0.1, 0.15) is 50.7 Å². The van der Waals surface area contributed by atoms with Gasteiger partial charge in [0.15, 0.2) is 0 Å². The first-order chi connectivity index (χ1) is 14.9. The number of carbonyl (C=O) groups excluding carboxylic acids is 2. The Labute approximate surface area is 186 Å². The molecule has 1 unspecified atom stereocenters. The molecule has 6 nitrogen and oxygen atoms in total. The molecule has 1 amide bonds. The maximum Gasteiger partial charge on any atom is 0.323 e. The van der Waals surface area contributed by atoms with Crippen molar-refractivity contribution in [2.45, 2.75) is 59.5 Å². The van der Waals surface area contributed by atoms with Gasteiger partial charge in [-0.2, -0.15) is 0 Å². The van der Waals surface area contributed by atoms with E-state index in [1.807, 2.05) is 54.0 Å². The number of rotatable bonds is 13. The van der Waals surface area contributed by atoms with Crippen molar-refractivity contribution in [1.82, 2.24) is 9.80 Å². The van der Waals surface area contributed by atoms with E-state index in [0.717, 1.165) is 30.8 Å². The van der Waals surface area contributed by atoms with Crippen molar-refractivity contribution < 1.29 is 18.7 Å². The summed E-state index contributed by atoms with van der Waals surface area (Å²) in [5.74, 6) is 1.28. The number of furan rings is 1. The van der Waals surface area contributed by atoms with Gasteiger partial charge >= 0.3 is 5.97 Å². The first-order valence-corrected chi connectivity index (χ1v) is 11.2. The lowest BCUT2D eigenvalue weighted by Crippen LogP contribution is -2.47. The molecule has 0 fully saturated rings. The number of nitrogens with zero attached hydrogens (tertiary/aromatic N) is 2. The van der Waals surface area contributed by atoms with Gasteiger partial charge in [-0.1, -0.05) is 43.7 Å². The van der Waals surface area contributed by atoms with Gasteiger partial charge in [0, 0.05) is 6.54 Å². The first kappa shape index (κ1) is 24.7. The SMILES string of the molecule is CCCCN(CC(=O)N(CCc1ccccc1)Cc1ccc(C)o1)C(C)C(=O)OCC. The van der Waals surface area contributed by atoms with Crippen molar-refractivity contribution in [1.29, 1.82) is 0 Å². The summed E-state index contributed by atoms with van der Waals surface area (Å²) in [7, 11) is 0.